The molecule has 72 valence electrons. The third-order valence-electron chi connectivity index (χ3n) is 2.41. The number of carbonyl (C=O) groups is 1. The highest BCUT2D eigenvalue weighted by Gasteiger charge is 2.24. The van der Waals surface area contributed by atoms with Gasteiger partial charge in [0, 0.05) is 11.5 Å². The molecular weight excluding hydrogens is 150 g/mol. The van der Waals surface area contributed by atoms with Crippen LogP contribution in [0.15, 0.2) is 0 Å². The second-order valence-corrected chi connectivity index (χ2v) is 4.52. The van der Waals surface area contributed by atoms with Gasteiger partial charge < -0.3 is 5.32 Å². The molecule has 0 radical (unpaired) electrons. The van der Waals surface area contributed by atoms with Crippen molar-refractivity contribution in [2.24, 2.45) is 11.8 Å². The molecule has 0 aliphatic heterocycles. The molecule has 0 unspecified atom stereocenters. The van der Waals surface area contributed by atoms with E-state index in [4.69, 9.17) is 0 Å². The maximum absolute atomic E-state index is 11.4. The third-order valence-corrected chi connectivity index (χ3v) is 2.41. The van der Waals surface area contributed by atoms with Gasteiger partial charge in [-0.3, -0.25) is 4.79 Å². The van der Waals surface area contributed by atoms with E-state index in [-0.39, 0.29) is 17.4 Å². The summed E-state index contributed by atoms with van der Waals surface area (Å²) in [4.78, 5) is 11.4. The van der Waals surface area contributed by atoms with E-state index in [0.29, 0.717) is 5.92 Å². The van der Waals surface area contributed by atoms with Crippen molar-refractivity contribution in [1.29, 1.82) is 0 Å². The highest BCUT2D eigenvalue weighted by atomic mass is 16.2. The van der Waals surface area contributed by atoms with E-state index in [1.807, 2.05) is 13.8 Å². The zero-order valence-corrected chi connectivity index (χ0v) is 9.06. The predicted molar refractivity (Wildman–Crippen MR) is 51.9 cm³/mol. The van der Waals surface area contributed by atoms with E-state index in [1.165, 1.54) is 0 Å². The molecule has 0 heterocycles. The Morgan fingerprint density at radius 2 is 1.58 bits per heavy atom. The van der Waals surface area contributed by atoms with Crippen molar-refractivity contribution in [3.63, 3.8) is 0 Å². The van der Waals surface area contributed by atoms with E-state index < -0.39 is 0 Å². The van der Waals surface area contributed by atoms with Gasteiger partial charge in [-0.2, -0.15) is 0 Å². The lowest BCUT2D eigenvalue weighted by atomic mass is 9.90. The molecule has 0 saturated carbocycles. The van der Waals surface area contributed by atoms with Gasteiger partial charge >= 0.3 is 0 Å². The van der Waals surface area contributed by atoms with Crippen molar-refractivity contribution < 1.29 is 4.79 Å². The second kappa shape index (κ2) is 3.92. The quantitative estimate of drug-likeness (QED) is 0.693. The smallest absolute Gasteiger partial charge is 0.222 e. The molecule has 2 nitrogen and oxygen atoms in total. The fraction of sp³-hybridized carbons (Fsp3) is 0.900. The van der Waals surface area contributed by atoms with Gasteiger partial charge in [-0.25, -0.2) is 0 Å². The van der Waals surface area contributed by atoms with Crippen LogP contribution < -0.4 is 5.32 Å². The summed E-state index contributed by atoms with van der Waals surface area (Å²) in [5.41, 5.74) is -0.0959. The predicted octanol–water partition coefficient (Wildman–Crippen LogP) is 2.19. The Hall–Kier alpha value is -0.530. The average molecular weight is 171 g/mol. The molecule has 2 heteroatoms. The van der Waals surface area contributed by atoms with Crippen LogP contribution in [-0.4, -0.2) is 11.4 Å². The minimum absolute atomic E-state index is 0.0722. The fourth-order valence-electron chi connectivity index (χ4n) is 0.606. The lowest BCUT2D eigenvalue weighted by Gasteiger charge is -2.31. The van der Waals surface area contributed by atoms with Crippen molar-refractivity contribution in [2.45, 2.75) is 47.1 Å². The van der Waals surface area contributed by atoms with Crippen LogP contribution in [0, 0.1) is 11.8 Å². The van der Waals surface area contributed by atoms with Crippen molar-refractivity contribution in [3.05, 3.63) is 0 Å². The molecule has 0 atom stereocenters. The maximum atomic E-state index is 11.4. The Kier molecular flexibility index (Phi) is 3.75. The SMILES string of the molecule is CC(C)C(=O)NC(C)(C)C(C)C. The summed E-state index contributed by atoms with van der Waals surface area (Å²) < 4.78 is 0. The number of nitrogens with one attached hydrogen (secondary N) is 1. The standard InChI is InChI=1S/C10H21NO/c1-7(2)9(12)11-10(5,6)8(3)4/h7-8H,1-6H3,(H,11,12). The summed E-state index contributed by atoms with van der Waals surface area (Å²) in [6, 6.07) is 0. The maximum Gasteiger partial charge on any atom is 0.222 e. The molecule has 0 spiro atoms. The summed E-state index contributed by atoms with van der Waals surface area (Å²) in [7, 11) is 0. The monoisotopic (exact) mass is 171 g/mol. The summed E-state index contributed by atoms with van der Waals surface area (Å²) in [6.07, 6.45) is 0. The molecule has 0 saturated heterocycles. The Morgan fingerprint density at radius 3 is 1.83 bits per heavy atom. The van der Waals surface area contributed by atoms with E-state index in [9.17, 15) is 4.79 Å². The summed E-state index contributed by atoms with van der Waals surface area (Å²) in [5.74, 6) is 0.664. The van der Waals surface area contributed by atoms with Gasteiger partial charge in [0.15, 0.2) is 0 Å². The van der Waals surface area contributed by atoms with Gasteiger partial charge in [-0.05, 0) is 19.8 Å². The lowest BCUT2D eigenvalue weighted by molar-refractivity contribution is -0.126. The molecule has 0 rings (SSSR count). The first-order valence-corrected chi connectivity index (χ1v) is 4.59. The van der Waals surface area contributed by atoms with Crippen LogP contribution in [0.4, 0.5) is 0 Å². The minimum Gasteiger partial charge on any atom is -0.351 e. The van der Waals surface area contributed by atoms with Crippen LogP contribution in [0.1, 0.15) is 41.5 Å². The topological polar surface area (TPSA) is 29.1 Å². The number of carbonyl (C=O) groups excluding carboxylic acids is 1. The zero-order chi connectivity index (χ0) is 9.94. The van der Waals surface area contributed by atoms with Crippen molar-refractivity contribution >= 4 is 5.91 Å². The van der Waals surface area contributed by atoms with Crippen molar-refractivity contribution in [3.8, 4) is 0 Å². The first-order chi connectivity index (χ1) is 5.27. The molecule has 0 aromatic rings. The number of amides is 1. The highest BCUT2D eigenvalue weighted by Crippen LogP contribution is 2.15. The average Bonchev–Trinajstić information content (AvgIpc) is 1.85. The number of hydrogen-bond acceptors (Lipinski definition) is 1. The fourth-order valence-corrected chi connectivity index (χ4v) is 0.606. The van der Waals surface area contributed by atoms with E-state index in [0.717, 1.165) is 0 Å². The molecule has 0 aliphatic rings. The van der Waals surface area contributed by atoms with Gasteiger partial charge in [-0.15, -0.1) is 0 Å². The first kappa shape index (κ1) is 11.5. The highest BCUT2D eigenvalue weighted by molar-refractivity contribution is 5.78. The third kappa shape index (κ3) is 3.24. The van der Waals surface area contributed by atoms with Gasteiger partial charge in [0.1, 0.15) is 0 Å². The molecule has 12 heavy (non-hydrogen) atoms. The molecule has 0 bridgehead atoms. The lowest BCUT2D eigenvalue weighted by Crippen LogP contribution is -2.48. The minimum atomic E-state index is -0.0959. The summed E-state index contributed by atoms with van der Waals surface area (Å²) in [6.45, 7) is 12.1. The normalized spacial score (nSPS) is 12.3. The Bertz CT molecular complexity index is 159. The molecule has 1 amide bonds. The van der Waals surface area contributed by atoms with Gasteiger partial charge in [0.05, 0.1) is 0 Å². The Morgan fingerprint density at radius 1 is 1.17 bits per heavy atom. The molecule has 0 fully saturated rings. The van der Waals surface area contributed by atoms with E-state index in [1.54, 1.807) is 0 Å². The Labute approximate surface area is 75.7 Å². The molecule has 0 aromatic heterocycles. The molecule has 1 N–H and O–H groups in total. The van der Waals surface area contributed by atoms with Gasteiger partial charge in [-0.1, -0.05) is 27.7 Å². The summed E-state index contributed by atoms with van der Waals surface area (Å²) in [5, 5.41) is 3.02. The largest absolute Gasteiger partial charge is 0.351 e. The van der Waals surface area contributed by atoms with Crippen LogP contribution in [0.2, 0.25) is 0 Å². The van der Waals surface area contributed by atoms with E-state index >= 15 is 0 Å². The number of hydrogen-bond donors (Lipinski definition) is 1. The van der Waals surface area contributed by atoms with Crippen LogP contribution in [0.5, 0.6) is 0 Å². The Balaban J connectivity index is 4.15. The van der Waals surface area contributed by atoms with E-state index in [2.05, 4.69) is 33.0 Å². The van der Waals surface area contributed by atoms with Crippen molar-refractivity contribution in [1.82, 2.24) is 5.32 Å². The zero-order valence-electron chi connectivity index (χ0n) is 9.06. The van der Waals surface area contributed by atoms with Crippen LogP contribution in [0.25, 0.3) is 0 Å². The van der Waals surface area contributed by atoms with Crippen LogP contribution in [-0.2, 0) is 4.79 Å². The van der Waals surface area contributed by atoms with Crippen LogP contribution >= 0.6 is 0 Å². The number of rotatable bonds is 3. The van der Waals surface area contributed by atoms with Gasteiger partial charge in [0.2, 0.25) is 5.91 Å². The second-order valence-electron chi connectivity index (χ2n) is 4.52. The molecule has 0 aromatic carbocycles. The van der Waals surface area contributed by atoms with Crippen LogP contribution in [0.3, 0.4) is 0 Å². The molecule has 0 aliphatic carbocycles. The summed E-state index contributed by atoms with van der Waals surface area (Å²) >= 11 is 0. The first-order valence-electron chi connectivity index (χ1n) is 4.59. The van der Waals surface area contributed by atoms with Crippen molar-refractivity contribution in [2.75, 3.05) is 0 Å². The molecular formula is C10H21NO. The van der Waals surface area contributed by atoms with Gasteiger partial charge in [0.25, 0.3) is 0 Å².